The van der Waals surface area contributed by atoms with Crippen LogP contribution in [0.4, 0.5) is 5.69 Å². The van der Waals surface area contributed by atoms with E-state index in [1.54, 1.807) is 24.3 Å². The van der Waals surface area contributed by atoms with Gasteiger partial charge in [0.25, 0.3) is 10.0 Å². The summed E-state index contributed by atoms with van der Waals surface area (Å²) >= 11 is 6.00. The van der Waals surface area contributed by atoms with E-state index in [1.807, 2.05) is 51.1 Å². The first-order chi connectivity index (χ1) is 18.7. The van der Waals surface area contributed by atoms with Gasteiger partial charge in [0, 0.05) is 18.1 Å². The third kappa shape index (κ3) is 8.07. The van der Waals surface area contributed by atoms with E-state index in [4.69, 9.17) is 11.6 Å². The van der Waals surface area contributed by atoms with Gasteiger partial charge in [-0.2, -0.15) is 0 Å². The summed E-state index contributed by atoms with van der Waals surface area (Å²) in [5.41, 5.74) is 2.33. The fourth-order valence-corrected chi connectivity index (χ4v) is 5.78. The zero-order chi connectivity index (χ0) is 28.4. The highest BCUT2D eigenvalue weighted by Gasteiger charge is 2.33. The first kappa shape index (κ1) is 30.2. The lowest BCUT2D eigenvalue weighted by Crippen LogP contribution is -2.53. The molecule has 0 unspecified atom stereocenters. The number of hydrogen-bond donors (Lipinski definition) is 1. The third-order valence-electron chi connectivity index (χ3n) is 6.42. The second-order valence-electron chi connectivity index (χ2n) is 9.34. The molecule has 0 saturated carbocycles. The Kier molecular flexibility index (Phi) is 10.9. The molecule has 0 spiro atoms. The summed E-state index contributed by atoms with van der Waals surface area (Å²) in [6, 6.07) is 21.7. The van der Waals surface area contributed by atoms with Gasteiger partial charge in [-0.1, -0.05) is 73.5 Å². The highest BCUT2D eigenvalue weighted by Crippen LogP contribution is 2.26. The van der Waals surface area contributed by atoms with Crippen molar-refractivity contribution in [3.05, 3.63) is 95.0 Å². The molecule has 3 rings (SSSR count). The van der Waals surface area contributed by atoms with Gasteiger partial charge in [0.1, 0.15) is 12.6 Å². The van der Waals surface area contributed by atoms with Crippen molar-refractivity contribution in [1.29, 1.82) is 0 Å². The van der Waals surface area contributed by atoms with E-state index in [0.29, 0.717) is 30.1 Å². The fraction of sp³-hybridized carbons (Fsp3) is 0.333. The van der Waals surface area contributed by atoms with Crippen molar-refractivity contribution in [2.75, 3.05) is 23.9 Å². The van der Waals surface area contributed by atoms with Gasteiger partial charge in [-0.3, -0.25) is 13.9 Å². The molecule has 3 aromatic rings. The number of nitrogens with zero attached hydrogens (tertiary/aromatic N) is 2. The van der Waals surface area contributed by atoms with Gasteiger partial charge in [-0.25, -0.2) is 8.42 Å². The van der Waals surface area contributed by atoms with Crippen LogP contribution in [-0.4, -0.2) is 50.8 Å². The Balaban J connectivity index is 1.99. The first-order valence-corrected chi connectivity index (χ1v) is 14.9. The molecule has 0 heterocycles. The number of sulfonamides is 1. The Morgan fingerprint density at radius 1 is 0.923 bits per heavy atom. The Morgan fingerprint density at radius 3 is 2.15 bits per heavy atom. The summed E-state index contributed by atoms with van der Waals surface area (Å²) in [5, 5.41) is 3.30. The van der Waals surface area contributed by atoms with Crippen LogP contribution in [0.1, 0.15) is 37.8 Å². The quantitative estimate of drug-likeness (QED) is 0.306. The summed E-state index contributed by atoms with van der Waals surface area (Å²) in [7, 11) is -4.12. The van der Waals surface area contributed by atoms with Crippen molar-refractivity contribution in [3.8, 4) is 0 Å². The van der Waals surface area contributed by atoms with Crippen LogP contribution < -0.4 is 9.62 Å². The monoisotopic (exact) mass is 569 g/mol. The van der Waals surface area contributed by atoms with Crippen molar-refractivity contribution in [2.45, 2.75) is 51.0 Å². The van der Waals surface area contributed by atoms with Crippen LogP contribution in [0.5, 0.6) is 0 Å². The molecule has 0 aliphatic heterocycles. The molecule has 0 bridgehead atoms. The molecule has 1 N–H and O–H groups in total. The van der Waals surface area contributed by atoms with E-state index in [0.717, 1.165) is 21.9 Å². The zero-order valence-electron chi connectivity index (χ0n) is 22.6. The molecule has 208 valence electrons. The topological polar surface area (TPSA) is 86.8 Å². The lowest BCUT2D eigenvalue weighted by atomic mass is 10.1. The van der Waals surface area contributed by atoms with Crippen LogP contribution >= 0.6 is 11.6 Å². The average molecular weight is 570 g/mol. The predicted molar refractivity (Wildman–Crippen MR) is 156 cm³/mol. The Hall–Kier alpha value is -3.36. The summed E-state index contributed by atoms with van der Waals surface area (Å²) in [6.45, 7) is 6.02. The summed E-state index contributed by atoms with van der Waals surface area (Å²) in [6.07, 6.45) is 1.68. The maximum absolute atomic E-state index is 13.9. The number of halogens is 1. The maximum Gasteiger partial charge on any atom is 0.264 e. The van der Waals surface area contributed by atoms with Gasteiger partial charge < -0.3 is 10.2 Å². The minimum atomic E-state index is -4.12. The van der Waals surface area contributed by atoms with Crippen molar-refractivity contribution < 1.29 is 18.0 Å². The molecule has 3 aromatic carbocycles. The summed E-state index contributed by atoms with van der Waals surface area (Å²) in [4.78, 5) is 28.6. The van der Waals surface area contributed by atoms with Crippen LogP contribution in [0.2, 0.25) is 5.02 Å². The first-order valence-electron chi connectivity index (χ1n) is 13.1. The lowest BCUT2D eigenvalue weighted by Gasteiger charge is -2.33. The molecule has 1 atom stereocenters. The van der Waals surface area contributed by atoms with E-state index >= 15 is 0 Å². The Morgan fingerprint density at radius 2 is 1.56 bits per heavy atom. The Bertz CT molecular complexity index is 1330. The third-order valence-corrected chi connectivity index (χ3v) is 8.46. The number of carbonyl (C=O) groups is 2. The minimum Gasteiger partial charge on any atom is -0.354 e. The van der Waals surface area contributed by atoms with Crippen molar-refractivity contribution in [3.63, 3.8) is 0 Å². The predicted octanol–water partition coefficient (Wildman–Crippen LogP) is 5.22. The SMILES string of the molecule is CCCNC(=O)[C@H](CC)N(CCc1ccccc1)C(=O)CN(c1ccc(C)cc1)S(=O)(=O)c1ccc(Cl)cc1. The number of aryl methyl sites for hydroxylation is 1. The van der Waals surface area contributed by atoms with Gasteiger partial charge >= 0.3 is 0 Å². The number of hydrogen-bond acceptors (Lipinski definition) is 4. The highest BCUT2D eigenvalue weighted by atomic mass is 35.5. The number of carbonyl (C=O) groups excluding carboxylic acids is 2. The minimum absolute atomic E-state index is 0.0174. The molecule has 0 radical (unpaired) electrons. The van der Waals surface area contributed by atoms with E-state index in [2.05, 4.69) is 5.32 Å². The average Bonchev–Trinajstić information content (AvgIpc) is 2.93. The summed E-state index contributed by atoms with van der Waals surface area (Å²) < 4.78 is 28.7. The standard InChI is InChI=1S/C30H36ClN3O4S/c1-4-20-32-30(36)28(5-2)33(21-19-24-9-7-6-8-10-24)29(35)22-34(26-15-11-23(3)12-16-26)39(37,38)27-17-13-25(31)14-18-27/h6-18,28H,4-5,19-22H2,1-3H3,(H,32,36)/t28-/m0/s1. The van der Waals surface area contributed by atoms with Crippen LogP contribution in [0.3, 0.4) is 0 Å². The molecular weight excluding hydrogens is 534 g/mol. The number of amides is 2. The van der Waals surface area contributed by atoms with Crippen LogP contribution in [0, 0.1) is 6.92 Å². The van der Waals surface area contributed by atoms with Crippen molar-refractivity contribution in [1.82, 2.24) is 10.2 Å². The van der Waals surface area contributed by atoms with Crippen LogP contribution in [0.15, 0.2) is 83.8 Å². The van der Waals surface area contributed by atoms with Crippen molar-refractivity contribution >= 4 is 39.1 Å². The van der Waals surface area contributed by atoms with Gasteiger partial charge in [0.2, 0.25) is 11.8 Å². The maximum atomic E-state index is 13.9. The van der Waals surface area contributed by atoms with Gasteiger partial charge in [-0.05, 0) is 68.1 Å². The second kappa shape index (κ2) is 14.1. The molecular formula is C30H36ClN3O4S. The number of rotatable bonds is 13. The zero-order valence-corrected chi connectivity index (χ0v) is 24.2. The highest BCUT2D eigenvalue weighted by molar-refractivity contribution is 7.92. The molecule has 7 nitrogen and oxygen atoms in total. The van der Waals surface area contributed by atoms with Gasteiger partial charge in [0.15, 0.2) is 0 Å². The Labute approximate surface area is 236 Å². The number of anilines is 1. The smallest absolute Gasteiger partial charge is 0.264 e. The second-order valence-corrected chi connectivity index (χ2v) is 11.6. The van der Waals surface area contributed by atoms with Gasteiger partial charge in [0.05, 0.1) is 10.6 Å². The van der Waals surface area contributed by atoms with E-state index in [1.165, 1.54) is 29.2 Å². The molecule has 0 aliphatic rings. The molecule has 2 amide bonds. The van der Waals surface area contributed by atoms with Gasteiger partial charge in [-0.15, -0.1) is 0 Å². The molecule has 0 aliphatic carbocycles. The summed E-state index contributed by atoms with van der Waals surface area (Å²) in [5.74, 6) is -0.703. The van der Waals surface area contributed by atoms with Crippen LogP contribution in [-0.2, 0) is 26.0 Å². The number of nitrogens with one attached hydrogen (secondary N) is 1. The van der Waals surface area contributed by atoms with E-state index in [-0.39, 0.29) is 17.3 Å². The number of benzene rings is 3. The molecule has 9 heteroatoms. The van der Waals surface area contributed by atoms with E-state index < -0.39 is 28.5 Å². The van der Waals surface area contributed by atoms with Crippen LogP contribution in [0.25, 0.3) is 0 Å². The van der Waals surface area contributed by atoms with Crippen molar-refractivity contribution in [2.24, 2.45) is 0 Å². The largest absolute Gasteiger partial charge is 0.354 e. The molecule has 0 fully saturated rings. The molecule has 0 aromatic heterocycles. The molecule has 39 heavy (non-hydrogen) atoms. The normalized spacial score (nSPS) is 12.0. The molecule has 0 saturated heterocycles. The van der Waals surface area contributed by atoms with E-state index in [9.17, 15) is 18.0 Å². The lowest BCUT2D eigenvalue weighted by molar-refractivity contribution is -0.139. The fourth-order valence-electron chi connectivity index (χ4n) is 4.24.